The van der Waals surface area contributed by atoms with Crippen LogP contribution in [-0.2, 0) is 0 Å². The van der Waals surface area contributed by atoms with Crippen molar-refractivity contribution in [2.75, 3.05) is 11.9 Å². The molecule has 5 heteroatoms. The molecule has 0 bridgehead atoms. The fraction of sp³-hybridized carbons (Fsp3) is 0.125. The van der Waals surface area contributed by atoms with Gasteiger partial charge in [0.05, 0.1) is 0 Å². The van der Waals surface area contributed by atoms with Crippen LogP contribution >= 0.6 is 11.3 Å². The molecule has 1 nitrogen and oxygen atoms in total. The van der Waals surface area contributed by atoms with Crippen molar-refractivity contribution in [1.82, 2.24) is 0 Å². The van der Waals surface area contributed by atoms with E-state index in [9.17, 15) is 12.2 Å². The van der Waals surface area contributed by atoms with Crippen LogP contribution < -0.4 is 4.90 Å². The Morgan fingerprint density at radius 2 is 1.77 bits per heavy atom. The van der Waals surface area contributed by atoms with E-state index in [-0.39, 0.29) is 0 Å². The maximum absolute atomic E-state index is 12.7. The lowest BCUT2D eigenvalue weighted by molar-refractivity contribution is 0.764. The van der Waals surface area contributed by atoms with E-state index in [2.05, 4.69) is 0 Å². The summed E-state index contributed by atoms with van der Waals surface area (Å²) in [5.74, 6) is 0. The molecule has 0 radical (unpaired) electrons. The van der Waals surface area contributed by atoms with E-state index < -0.39 is 16.5 Å². The quantitative estimate of drug-likeness (QED) is 0.388. The lowest BCUT2D eigenvalue weighted by Crippen LogP contribution is -2.21. The Hall–Kier alpha value is -0.970. The molecule has 0 saturated heterocycles. The van der Waals surface area contributed by atoms with Crippen LogP contribution in [0.2, 0.25) is 0 Å². The lowest BCUT2D eigenvalue weighted by atomic mass is 10.3. The zero-order valence-corrected chi connectivity index (χ0v) is 7.69. The molecule has 0 unspecified atom stereocenters. The summed E-state index contributed by atoms with van der Waals surface area (Å²) >= 11 is -3.31. The van der Waals surface area contributed by atoms with Crippen molar-refractivity contribution in [3.05, 3.63) is 30.3 Å². The number of benzene rings is 1. The second-order valence-electron chi connectivity index (χ2n) is 2.36. The van der Waals surface area contributed by atoms with Gasteiger partial charge < -0.3 is 4.90 Å². The maximum atomic E-state index is 12.7. The van der Waals surface area contributed by atoms with Crippen molar-refractivity contribution < 1.29 is 12.2 Å². The predicted octanol–water partition coefficient (Wildman–Crippen LogP) is 3.22. The summed E-state index contributed by atoms with van der Waals surface area (Å²) < 4.78 is 36.6. The molecule has 0 aliphatic heterocycles. The Kier molecular flexibility index (Phi) is 3.36. The van der Waals surface area contributed by atoms with Crippen molar-refractivity contribution in [2.24, 2.45) is 0 Å². The third kappa shape index (κ3) is 2.48. The monoisotopic (exact) mass is 207 g/mol. The van der Waals surface area contributed by atoms with Gasteiger partial charge in [-0.05, 0) is 12.1 Å². The normalized spacial score (nSPS) is 10.2. The highest BCUT2D eigenvalue weighted by atomic mass is 32.2. The molecule has 0 fully saturated rings. The molecule has 72 valence electrons. The smallest absolute Gasteiger partial charge is 0.280 e. The summed E-state index contributed by atoms with van der Waals surface area (Å²) in [7, 11) is 1.27. The van der Waals surface area contributed by atoms with Crippen molar-refractivity contribution in [2.45, 2.75) is 0 Å². The number of hydrogen-bond acceptors (Lipinski definition) is 0. The molecule has 1 aromatic rings. The second-order valence-corrected chi connectivity index (χ2v) is 3.12. The third-order valence-electron chi connectivity index (χ3n) is 1.53. The van der Waals surface area contributed by atoms with Crippen LogP contribution in [-0.4, -0.2) is 12.3 Å². The van der Waals surface area contributed by atoms with E-state index in [1.165, 1.54) is 7.05 Å². The van der Waals surface area contributed by atoms with E-state index in [1.807, 2.05) is 0 Å². The molecule has 0 aliphatic rings. The summed E-state index contributed by atoms with van der Waals surface area (Å²) in [6.07, 6.45) is 0. The number of rotatable bonds is 1. The molecule has 0 amide bonds. The van der Waals surface area contributed by atoms with E-state index in [0.717, 1.165) is 4.90 Å². The highest BCUT2D eigenvalue weighted by Gasteiger charge is 2.11. The minimum absolute atomic E-state index is 0.410. The molecule has 13 heavy (non-hydrogen) atoms. The van der Waals surface area contributed by atoms with Gasteiger partial charge in [-0.2, -0.15) is 4.39 Å². The molecular weight excluding hydrogens is 199 g/mol. The van der Waals surface area contributed by atoms with Gasteiger partial charge in [0.1, 0.15) is 0 Å². The summed E-state index contributed by atoms with van der Waals surface area (Å²) in [4.78, 5) is 0.836. The first-order valence-corrected chi connectivity index (χ1v) is 4.53. The Bertz CT molecular complexity index is 308. The average Bonchev–Trinajstić information content (AvgIpc) is 2.17. The van der Waals surface area contributed by atoms with E-state index in [1.54, 1.807) is 30.3 Å². The van der Waals surface area contributed by atoms with Crippen LogP contribution in [0, 0.1) is 0 Å². The third-order valence-corrected chi connectivity index (χ3v) is 2.06. The van der Waals surface area contributed by atoms with Crippen molar-refractivity contribution in [1.29, 1.82) is 0 Å². The Morgan fingerprint density at radius 1 is 1.23 bits per heavy atom. The van der Waals surface area contributed by atoms with Gasteiger partial charge in [-0.25, -0.2) is 0 Å². The van der Waals surface area contributed by atoms with Crippen LogP contribution in [0.15, 0.2) is 30.3 Å². The van der Waals surface area contributed by atoms with Gasteiger partial charge in [0.15, 0.2) is 0 Å². The molecule has 1 rings (SSSR count). The van der Waals surface area contributed by atoms with Gasteiger partial charge >= 0.3 is 0 Å². The average molecular weight is 207 g/mol. The number of nitrogens with zero attached hydrogens (tertiary/aromatic N) is 1. The van der Waals surface area contributed by atoms with Crippen molar-refractivity contribution in [3.63, 3.8) is 0 Å². The van der Waals surface area contributed by atoms with Crippen LogP contribution in [0.5, 0.6) is 0 Å². The molecule has 0 spiro atoms. The lowest BCUT2D eigenvalue weighted by Gasteiger charge is -2.14. The zero-order chi connectivity index (χ0) is 9.84. The highest BCUT2D eigenvalue weighted by Crippen LogP contribution is 2.23. The SMILES string of the molecule is CN(C(F)=S(F)F)c1ccccc1. The standard InChI is InChI=1S/C8H8F3NS/c1-12(8(9)13(10)11)7-5-3-2-4-6-7/h2-6H,1H3. The van der Waals surface area contributed by atoms with E-state index in [0.29, 0.717) is 5.69 Å². The summed E-state index contributed by atoms with van der Waals surface area (Å²) in [6.45, 7) is 0. The van der Waals surface area contributed by atoms with Crippen LogP contribution in [0.4, 0.5) is 17.8 Å². The maximum Gasteiger partial charge on any atom is 0.280 e. The minimum atomic E-state index is -3.31. The molecular formula is C8H8F3NS. The summed E-state index contributed by atoms with van der Waals surface area (Å²) in [6, 6.07) is 8.18. The molecule has 0 aromatic heterocycles. The fourth-order valence-electron chi connectivity index (χ4n) is 0.857. The molecule has 0 saturated carbocycles. The van der Waals surface area contributed by atoms with Crippen molar-refractivity contribution in [3.8, 4) is 0 Å². The Balaban J connectivity index is 2.93. The number of halogens is 3. The molecule has 0 N–H and O–H groups in total. The summed E-state index contributed by atoms with van der Waals surface area (Å²) in [5.41, 5.74) is 0.410. The molecule has 0 atom stereocenters. The first-order valence-electron chi connectivity index (χ1n) is 3.51. The van der Waals surface area contributed by atoms with Crippen LogP contribution in [0.1, 0.15) is 0 Å². The topological polar surface area (TPSA) is 3.24 Å². The first kappa shape index (κ1) is 10.1. The molecule has 0 aliphatic carbocycles. The van der Waals surface area contributed by atoms with Gasteiger partial charge in [-0.1, -0.05) is 18.2 Å². The number of para-hydroxylation sites is 1. The van der Waals surface area contributed by atoms with Crippen LogP contribution in [0.25, 0.3) is 0 Å². The zero-order valence-electron chi connectivity index (χ0n) is 6.88. The molecule has 0 heterocycles. The van der Waals surface area contributed by atoms with Gasteiger partial charge in [-0.15, -0.1) is 7.77 Å². The van der Waals surface area contributed by atoms with Gasteiger partial charge in [0, 0.05) is 12.7 Å². The first-order chi connectivity index (χ1) is 6.13. The minimum Gasteiger partial charge on any atom is -0.312 e. The Labute approximate surface area is 77.3 Å². The summed E-state index contributed by atoms with van der Waals surface area (Å²) in [5, 5.41) is -1.41. The van der Waals surface area contributed by atoms with Gasteiger partial charge in [-0.3, -0.25) is 0 Å². The molecule has 1 aromatic carbocycles. The fourth-order valence-corrected chi connectivity index (χ4v) is 1.17. The highest BCUT2D eigenvalue weighted by molar-refractivity contribution is 8.06. The largest absolute Gasteiger partial charge is 0.312 e. The number of hydrogen-bond donors (Lipinski definition) is 0. The van der Waals surface area contributed by atoms with Gasteiger partial charge in [0.2, 0.25) is 11.3 Å². The predicted molar refractivity (Wildman–Crippen MR) is 50.8 cm³/mol. The van der Waals surface area contributed by atoms with E-state index in [4.69, 9.17) is 0 Å². The van der Waals surface area contributed by atoms with Crippen LogP contribution in [0.3, 0.4) is 0 Å². The second kappa shape index (κ2) is 4.32. The van der Waals surface area contributed by atoms with Crippen molar-refractivity contribution >= 4 is 22.2 Å². The van der Waals surface area contributed by atoms with Gasteiger partial charge in [0.25, 0.3) is 5.24 Å². The number of anilines is 1. The van der Waals surface area contributed by atoms with E-state index >= 15 is 0 Å². The Morgan fingerprint density at radius 3 is 2.23 bits per heavy atom.